The summed E-state index contributed by atoms with van der Waals surface area (Å²) < 4.78 is 29.6. The van der Waals surface area contributed by atoms with Crippen LogP contribution in [0, 0.1) is 5.92 Å². The third kappa shape index (κ3) is 5.40. The Bertz CT molecular complexity index is 789. The largest absolute Gasteiger partial charge is 0.334 e. The van der Waals surface area contributed by atoms with E-state index in [9.17, 15) is 8.42 Å². The van der Waals surface area contributed by atoms with Gasteiger partial charge in [-0.15, -0.1) is 0 Å². The van der Waals surface area contributed by atoms with E-state index in [2.05, 4.69) is 26.1 Å². The highest BCUT2D eigenvalue weighted by Crippen LogP contribution is 2.18. The van der Waals surface area contributed by atoms with Gasteiger partial charge in [-0.2, -0.15) is 0 Å². The number of sulfonamides is 1. The van der Waals surface area contributed by atoms with Crippen molar-refractivity contribution < 1.29 is 8.42 Å². The maximum Gasteiger partial charge on any atom is 0.215 e. The third-order valence-electron chi connectivity index (χ3n) is 4.90. The summed E-state index contributed by atoms with van der Waals surface area (Å²) in [6, 6.07) is 9.31. The van der Waals surface area contributed by atoms with E-state index in [1.165, 1.54) is 0 Å². The lowest BCUT2D eigenvalue weighted by atomic mass is 9.98. The first-order valence-corrected chi connectivity index (χ1v) is 10.9. The van der Waals surface area contributed by atoms with E-state index in [4.69, 9.17) is 0 Å². The number of likely N-dealkylation sites (tertiary alicyclic amines) is 1. The molecule has 0 amide bonds. The molecule has 7 heteroatoms. The van der Waals surface area contributed by atoms with Gasteiger partial charge >= 0.3 is 0 Å². The van der Waals surface area contributed by atoms with Crippen molar-refractivity contribution in [3.8, 4) is 0 Å². The number of nitrogens with one attached hydrogen (secondary N) is 1. The SMILES string of the molecule is CCn1ccnc1CN1CCCC(CNS(=O)(=O)Cc2ccccc2)C1. The summed E-state index contributed by atoms with van der Waals surface area (Å²) in [5.74, 6) is 1.47. The molecule has 1 aromatic heterocycles. The van der Waals surface area contributed by atoms with Gasteiger partial charge in [-0.25, -0.2) is 18.1 Å². The standard InChI is InChI=1S/C19H28N4O2S/c1-2-23-12-10-20-19(23)15-22-11-6-9-18(14-22)13-21-26(24,25)16-17-7-4-3-5-8-17/h3-5,7-8,10,12,18,21H,2,6,9,11,13-16H2,1H3. The molecule has 0 saturated carbocycles. The molecule has 0 spiro atoms. The summed E-state index contributed by atoms with van der Waals surface area (Å²) in [4.78, 5) is 6.83. The van der Waals surface area contributed by atoms with Gasteiger partial charge in [-0.05, 0) is 37.8 Å². The number of aromatic nitrogens is 2. The van der Waals surface area contributed by atoms with Crippen LogP contribution in [0.15, 0.2) is 42.7 Å². The lowest BCUT2D eigenvalue weighted by Gasteiger charge is -2.32. The first kappa shape index (κ1) is 19.1. The van der Waals surface area contributed by atoms with E-state index in [1.54, 1.807) is 0 Å². The fourth-order valence-electron chi connectivity index (χ4n) is 3.53. The van der Waals surface area contributed by atoms with E-state index < -0.39 is 10.0 Å². The molecule has 0 bridgehead atoms. The number of nitrogens with zero attached hydrogens (tertiary/aromatic N) is 3. The summed E-state index contributed by atoms with van der Waals surface area (Å²) in [5, 5.41) is 0. The van der Waals surface area contributed by atoms with Crippen molar-refractivity contribution >= 4 is 10.0 Å². The molecular formula is C19H28N4O2S. The van der Waals surface area contributed by atoms with Crippen molar-refractivity contribution in [2.45, 2.75) is 38.6 Å². The van der Waals surface area contributed by atoms with Gasteiger partial charge in [0.15, 0.2) is 0 Å². The monoisotopic (exact) mass is 376 g/mol. The van der Waals surface area contributed by atoms with Gasteiger partial charge < -0.3 is 4.57 Å². The Balaban J connectivity index is 1.50. The normalized spacial score (nSPS) is 18.9. The van der Waals surface area contributed by atoms with Gasteiger partial charge in [0.05, 0.1) is 12.3 Å². The molecule has 0 radical (unpaired) electrons. The van der Waals surface area contributed by atoms with Crippen LogP contribution in [0.2, 0.25) is 0 Å². The number of rotatable bonds is 8. The molecule has 6 nitrogen and oxygen atoms in total. The maximum atomic E-state index is 12.3. The van der Waals surface area contributed by atoms with Crippen LogP contribution in [0.5, 0.6) is 0 Å². The van der Waals surface area contributed by atoms with Crippen LogP contribution in [-0.2, 0) is 28.9 Å². The third-order valence-corrected chi connectivity index (χ3v) is 6.22. The molecular weight excluding hydrogens is 348 g/mol. The number of aryl methyl sites for hydroxylation is 1. The van der Waals surface area contributed by atoms with E-state index in [0.29, 0.717) is 12.5 Å². The summed E-state index contributed by atoms with van der Waals surface area (Å²) in [6.45, 7) is 6.33. The Labute approximate surface area is 156 Å². The predicted octanol–water partition coefficient (Wildman–Crippen LogP) is 2.23. The van der Waals surface area contributed by atoms with E-state index in [-0.39, 0.29) is 5.75 Å². The van der Waals surface area contributed by atoms with Crippen LogP contribution in [0.1, 0.15) is 31.2 Å². The fraction of sp³-hybridized carbons (Fsp3) is 0.526. The molecule has 2 heterocycles. The van der Waals surface area contributed by atoms with Crippen LogP contribution < -0.4 is 4.72 Å². The molecule has 1 atom stereocenters. The average molecular weight is 377 g/mol. The Morgan fingerprint density at radius 3 is 2.85 bits per heavy atom. The summed E-state index contributed by atoms with van der Waals surface area (Å²) >= 11 is 0. The van der Waals surface area contributed by atoms with Gasteiger partial charge in [-0.3, -0.25) is 4.90 Å². The molecule has 1 saturated heterocycles. The second-order valence-corrected chi connectivity index (χ2v) is 8.77. The van der Waals surface area contributed by atoms with Gasteiger partial charge in [0.2, 0.25) is 10.0 Å². The van der Waals surface area contributed by atoms with Crippen molar-refractivity contribution in [3.05, 3.63) is 54.1 Å². The Kier molecular flexibility index (Phi) is 6.45. The second-order valence-electron chi connectivity index (χ2n) is 6.97. The minimum Gasteiger partial charge on any atom is -0.334 e. The quantitative estimate of drug-likeness (QED) is 0.767. The van der Waals surface area contributed by atoms with Gasteiger partial charge in [0, 0.05) is 32.0 Å². The number of benzene rings is 1. The lowest BCUT2D eigenvalue weighted by molar-refractivity contribution is 0.163. The van der Waals surface area contributed by atoms with Crippen LogP contribution in [0.3, 0.4) is 0 Å². The first-order valence-electron chi connectivity index (χ1n) is 9.29. The number of hydrogen-bond donors (Lipinski definition) is 1. The molecule has 1 aliphatic rings. The highest BCUT2D eigenvalue weighted by Gasteiger charge is 2.23. The van der Waals surface area contributed by atoms with Crippen LogP contribution in [0.25, 0.3) is 0 Å². The minimum atomic E-state index is -3.30. The van der Waals surface area contributed by atoms with Crippen molar-refractivity contribution in [1.82, 2.24) is 19.2 Å². The van der Waals surface area contributed by atoms with Crippen LogP contribution in [-0.4, -0.2) is 42.5 Å². The summed E-state index contributed by atoms with van der Waals surface area (Å²) in [6.07, 6.45) is 6.01. The topological polar surface area (TPSA) is 67.2 Å². The zero-order valence-electron chi connectivity index (χ0n) is 15.3. The van der Waals surface area contributed by atoms with E-state index >= 15 is 0 Å². The highest BCUT2D eigenvalue weighted by molar-refractivity contribution is 7.88. The van der Waals surface area contributed by atoms with E-state index in [0.717, 1.165) is 50.4 Å². The molecule has 0 aliphatic carbocycles. The van der Waals surface area contributed by atoms with Crippen LogP contribution in [0.4, 0.5) is 0 Å². The number of imidazole rings is 1. The Hall–Kier alpha value is -1.70. The molecule has 1 aromatic carbocycles. The summed E-state index contributed by atoms with van der Waals surface area (Å²) in [5.41, 5.74) is 0.816. The average Bonchev–Trinajstić information content (AvgIpc) is 3.08. The van der Waals surface area contributed by atoms with Crippen molar-refractivity contribution in [1.29, 1.82) is 0 Å². The zero-order chi connectivity index (χ0) is 18.4. The van der Waals surface area contributed by atoms with Gasteiger partial charge in [0.25, 0.3) is 0 Å². The second kappa shape index (κ2) is 8.79. The molecule has 142 valence electrons. The van der Waals surface area contributed by atoms with Crippen molar-refractivity contribution in [3.63, 3.8) is 0 Å². The highest BCUT2D eigenvalue weighted by atomic mass is 32.2. The van der Waals surface area contributed by atoms with Gasteiger partial charge in [-0.1, -0.05) is 30.3 Å². The van der Waals surface area contributed by atoms with Crippen molar-refractivity contribution in [2.75, 3.05) is 19.6 Å². The molecule has 1 fully saturated rings. The van der Waals surface area contributed by atoms with E-state index in [1.807, 2.05) is 42.7 Å². The van der Waals surface area contributed by atoms with Crippen molar-refractivity contribution in [2.24, 2.45) is 5.92 Å². The molecule has 1 aliphatic heterocycles. The minimum absolute atomic E-state index is 0.0399. The molecule has 26 heavy (non-hydrogen) atoms. The number of hydrogen-bond acceptors (Lipinski definition) is 4. The van der Waals surface area contributed by atoms with Crippen LogP contribution >= 0.6 is 0 Å². The Morgan fingerprint density at radius 1 is 1.27 bits per heavy atom. The van der Waals surface area contributed by atoms with Gasteiger partial charge in [0.1, 0.15) is 5.82 Å². The lowest BCUT2D eigenvalue weighted by Crippen LogP contribution is -2.41. The smallest absolute Gasteiger partial charge is 0.215 e. The Morgan fingerprint density at radius 2 is 2.08 bits per heavy atom. The maximum absolute atomic E-state index is 12.3. The fourth-order valence-corrected chi connectivity index (χ4v) is 4.75. The predicted molar refractivity (Wildman–Crippen MR) is 103 cm³/mol. The molecule has 2 aromatic rings. The molecule has 3 rings (SSSR count). The summed E-state index contributed by atoms with van der Waals surface area (Å²) in [7, 11) is -3.30. The zero-order valence-corrected chi connectivity index (χ0v) is 16.2. The number of piperidine rings is 1. The molecule has 1 N–H and O–H groups in total. The first-order chi connectivity index (χ1) is 12.6. The molecule has 1 unspecified atom stereocenters.